The van der Waals surface area contributed by atoms with E-state index in [4.69, 9.17) is 16.6 Å². The van der Waals surface area contributed by atoms with E-state index in [-0.39, 0.29) is 0 Å². The summed E-state index contributed by atoms with van der Waals surface area (Å²) in [5, 5.41) is 4.38. The molecule has 20 heavy (non-hydrogen) atoms. The molecule has 1 aromatic rings. The molecule has 1 saturated carbocycles. The topological polar surface area (TPSA) is 31.6 Å². The molecule has 4 nitrogen and oxygen atoms in total. The van der Waals surface area contributed by atoms with Crippen molar-refractivity contribution in [2.75, 3.05) is 20.1 Å². The van der Waals surface area contributed by atoms with E-state index in [1.54, 1.807) is 6.26 Å². The normalized spacial score (nSPS) is 20.9. The van der Waals surface area contributed by atoms with E-state index < -0.39 is 0 Å². The van der Waals surface area contributed by atoms with E-state index in [0.717, 1.165) is 30.5 Å². The fourth-order valence-corrected chi connectivity index (χ4v) is 3.11. The van der Waals surface area contributed by atoms with Gasteiger partial charge in [0.15, 0.2) is 5.11 Å². The molecule has 1 saturated heterocycles. The predicted molar refractivity (Wildman–Crippen MR) is 83.5 cm³/mol. The predicted octanol–water partition coefficient (Wildman–Crippen LogP) is 2.21. The van der Waals surface area contributed by atoms with Crippen molar-refractivity contribution in [3.63, 3.8) is 0 Å². The van der Waals surface area contributed by atoms with E-state index >= 15 is 0 Å². The van der Waals surface area contributed by atoms with Crippen molar-refractivity contribution in [3.8, 4) is 0 Å². The van der Waals surface area contributed by atoms with Crippen LogP contribution in [0.25, 0.3) is 0 Å². The number of furan rings is 1. The van der Waals surface area contributed by atoms with Crippen LogP contribution >= 0.6 is 12.2 Å². The molecule has 5 heteroatoms. The average Bonchev–Trinajstić information content (AvgIpc) is 3.10. The molecule has 3 rings (SSSR count). The third-order valence-corrected chi connectivity index (χ3v) is 4.55. The molecule has 0 spiro atoms. The number of likely N-dealkylation sites (tertiary alicyclic amines) is 1. The average molecular weight is 293 g/mol. The first-order valence-electron chi connectivity index (χ1n) is 7.50. The standard InChI is InChI=1S/C15H23N3OS/c1-17-8-6-13(7-9-17)18(11-14-3-2-10-19-14)15(20)16-12-4-5-12/h2-3,10,12-13H,4-9,11H2,1H3,(H,16,20). The van der Waals surface area contributed by atoms with Crippen molar-refractivity contribution >= 4 is 17.3 Å². The molecule has 2 heterocycles. The zero-order chi connectivity index (χ0) is 13.9. The van der Waals surface area contributed by atoms with Gasteiger partial charge in [0.25, 0.3) is 0 Å². The lowest BCUT2D eigenvalue weighted by atomic mass is 10.0. The minimum atomic E-state index is 0.523. The maximum Gasteiger partial charge on any atom is 0.169 e. The Bertz CT molecular complexity index is 436. The van der Waals surface area contributed by atoms with E-state index in [1.165, 1.54) is 25.7 Å². The summed E-state index contributed by atoms with van der Waals surface area (Å²) >= 11 is 5.63. The van der Waals surface area contributed by atoms with Crippen LogP contribution in [0.2, 0.25) is 0 Å². The third kappa shape index (κ3) is 3.52. The molecule has 1 aliphatic heterocycles. The molecule has 2 fully saturated rings. The van der Waals surface area contributed by atoms with Gasteiger partial charge in [0, 0.05) is 12.1 Å². The summed E-state index contributed by atoms with van der Waals surface area (Å²) in [6.07, 6.45) is 6.58. The van der Waals surface area contributed by atoms with E-state index in [2.05, 4.69) is 22.2 Å². The van der Waals surface area contributed by atoms with Crippen molar-refractivity contribution in [1.29, 1.82) is 0 Å². The third-order valence-electron chi connectivity index (χ3n) is 4.20. The highest BCUT2D eigenvalue weighted by Crippen LogP contribution is 2.22. The second-order valence-corrected chi connectivity index (χ2v) is 6.35. The summed E-state index contributed by atoms with van der Waals surface area (Å²) in [4.78, 5) is 4.72. The van der Waals surface area contributed by atoms with Crippen LogP contribution in [0.3, 0.4) is 0 Å². The van der Waals surface area contributed by atoms with Gasteiger partial charge in [-0.2, -0.15) is 0 Å². The highest BCUT2D eigenvalue weighted by atomic mass is 32.1. The Morgan fingerprint density at radius 1 is 1.40 bits per heavy atom. The molecule has 0 radical (unpaired) electrons. The zero-order valence-corrected chi connectivity index (χ0v) is 12.9. The van der Waals surface area contributed by atoms with Gasteiger partial charge in [0.1, 0.15) is 5.76 Å². The molecule has 1 aliphatic carbocycles. The van der Waals surface area contributed by atoms with Crippen molar-refractivity contribution in [3.05, 3.63) is 24.2 Å². The van der Waals surface area contributed by atoms with Crippen LogP contribution in [-0.2, 0) is 6.54 Å². The molecular formula is C15H23N3OS. The second-order valence-electron chi connectivity index (χ2n) is 5.97. The Kier molecular flexibility index (Phi) is 4.27. The van der Waals surface area contributed by atoms with Gasteiger partial charge in [-0.05, 0) is 70.2 Å². The number of rotatable bonds is 4. The fraction of sp³-hybridized carbons (Fsp3) is 0.667. The zero-order valence-electron chi connectivity index (χ0n) is 12.0. The maximum atomic E-state index is 5.63. The number of nitrogens with zero attached hydrogens (tertiary/aromatic N) is 2. The quantitative estimate of drug-likeness (QED) is 0.860. The first-order valence-corrected chi connectivity index (χ1v) is 7.91. The minimum Gasteiger partial charge on any atom is -0.467 e. The fourth-order valence-electron chi connectivity index (χ4n) is 2.73. The van der Waals surface area contributed by atoms with Gasteiger partial charge in [-0.25, -0.2) is 0 Å². The highest BCUT2D eigenvalue weighted by molar-refractivity contribution is 7.80. The lowest BCUT2D eigenvalue weighted by Crippen LogP contribution is -2.50. The first-order chi connectivity index (χ1) is 9.72. The summed E-state index contributed by atoms with van der Waals surface area (Å²) < 4.78 is 5.51. The Labute approximate surface area is 126 Å². The minimum absolute atomic E-state index is 0.523. The van der Waals surface area contributed by atoms with Crippen LogP contribution in [0.5, 0.6) is 0 Å². The molecule has 0 amide bonds. The van der Waals surface area contributed by atoms with Crippen LogP contribution in [0.15, 0.2) is 22.8 Å². The Balaban J connectivity index is 1.66. The van der Waals surface area contributed by atoms with Crippen LogP contribution < -0.4 is 5.32 Å². The number of nitrogens with one attached hydrogen (secondary N) is 1. The van der Waals surface area contributed by atoms with Crippen LogP contribution in [-0.4, -0.2) is 47.1 Å². The van der Waals surface area contributed by atoms with Gasteiger partial charge < -0.3 is 19.5 Å². The lowest BCUT2D eigenvalue weighted by Gasteiger charge is -2.38. The number of piperidine rings is 1. The van der Waals surface area contributed by atoms with Gasteiger partial charge in [0.05, 0.1) is 12.8 Å². The van der Waals surface area contributed by atoms with Gasteiger partial charge in [-0.15, -0.1) is 0 Å². The van der Waals surface area contributed by atoms with Gasteiger partial charge in [0.2, 0.25) is 0 Å². The Morgan fingerprint density at radius 2 is 2.15 bits per heavy atom. The van der Waals surface area contributed by atoms with Crippen LogP contribution in [0, 0.1) is 0 Å². The second kappa shape index (κ2) is 6.14. The smallest absolute Gasteiger partial charge is 0.169 e. The van der Waals surface area contributed by atoms with Gasteiger partial charge in [-0.3, -0.25) is 0 Å². The summed E-state index contributed by atoms with van der Waals surface area (Å²) in [6, 6.07) is 5.10. The summed E-state index contributed by atoms with van der Waals surface area (Å²) in [5.41, 5.74) is 0. The van der Waals surface area contributed by atoms with Crippen molar-refractivity contribution < 1.29 is 4.42 Å². The number of hydrogen-bond donors (Lipinski definition) is 1. The first kappa shape index (κ1) is 13.9. The van der Waals surface area contributed by atoms with Crippen molar-refractivity contribution in [1.82, 2.24) is 15.1 Å². The summed E-state index contributed by atoms with van der Waals surface area (Å²) in [6.45, 7) is 3.07. The van der Waals surface area contributed by atoms with Crippen molar-refractivity contribution in [2.45, 2.75) is 44.3 Å². The summed E-state index contributed by atoms with van der Waals surface area (Å²) in [7, 11) is 2.19. The van der Waals surface area contributed by atoms with E-state index in [9.17, 15) is 0 Å². The monoisotopic (exact) mass is 293 g/mol. The van der Waals surface area contributed by atoms with Crippen LogP contribution in [0.1, 0.15) is 31.4 Å². The molecule has 0 aromatic carbocycles. The van der Waals surface area contributed by atoms with Gasteiger partial charge in [-0.1, -0.05) is 0 Å². The molecule has 0 atom stereocenters. The Hall–Kier alpha value is -1.07. The number of thiocarbonyl (C=S) groups is 1. The molecule has 0 bridgehead atoms. The molecule has 1 aromatic heterocycles. The molecule has 2 aliphatic rings. The molecule has 0 unspecified atom stereocenters. The number of hydrogen-bond acceptors (Lipinski definition) is 3. The lowest BCUT2D eigenvalue weighted by molar-refractivity contribution is 0.165. The van der Waals surface area contributed by atoms with E-state index in [1.807, 2.05) is 12.1 Å². The Morgan fingerprint density at radius 3 is 2.75 bits per heavy atom. The van der Waals surface area contributed by atoms with Gasteiger partial charge >= 0.3 is 0 Å². The van der Waals surface area contributed by atoms with E-state index in [0.29, 0.717) is 12.1 Å². The van der Waals surface area contributed by atoms with Crippen LogP contribution in [0.4, 0.5) is 0 Å². The molecular weight excluding hydrogens is 270 g/mol. The SMILES string of the molecule is CN1CCC(N(Cc2ccco2)C(=S)NC2CC2)CC1. The largest absolute Gasteiger partial charge is 0.467 e. The maximum absolute atomic E-state index is 5.63. The highest BCUT2D eigenvalue weighted by Gasteiger charge is 2.29. The summed E-state index contributed by atoms with van der Waals surface area (Å²) in [5.74, 6) is 0.990. The molecule has 1 N–H and O–H groups in total. The van der Waals surface area contributed by atoms with Crippen molar-refractivity contribution in [2.24, 2.45) is 0 Å². The molecule has 110 valence electrons.